The van der Waals surface area contributed by atoms with Crippen molar-refractivity contribution >= 4 is 5.82 Å². The standard InChI is InChI=1S/C13H17N3O/c1-10-4-5-15-13(12(10)8-14)16-6-7-17-9-11-2-3-11/h4-5,11H,2-3,6-7,9H2,1H3,(H,15,16). The molecule has 0 amide bonds. The van der Waals surface area contributed by atoms with Crippen LogP contribution in [-0.4, -0.2) is 24.7 Å². The van der Waals surface area contributed by atoms with E-state index in [2.05, 4.69) is 16.4 Å². The van der Waals surface area contributed by atoms with Crippen LogP contribution in [0.5, 0.6) is 0 Å². The van der Waals surface area contributed by atoms with Crippen molar-refractivity contribution in [2.45, 2.75) is 19.8 Å². The molecule has 1 aromatic heterocycles. The summed E-state index contributed by atoms with van der Waals surface area (Å²) in [6, 6.07) is 4.01. The lowest BCUT2D eigenvalue weighted by atomic mass is 10.1. The number of pyridine rings is 1. The van der Waals surface area contributed by atoms with E-state index in [0.717, 1.165) is 18.1 Å². The van der Waals surface area contributed by atoms with Crippen molar-refractivity contribution in [3.8, 4) is 6.07 Å². The number of nitrogens with one attached hydrogen (secondary N) is 1. The third-order valence-electron chi connectivity index (χ3n) is 2.86. The van der Waals surface area contributed by atoms with Crippen LogP contribution >= 0.6 is 0 Å². The molecule has 1 N–H and O–H groups in total. The minimum Gasteiger partial charge on any atom is -0.379 e. The lowest BCUT2D eigenvalue weighted by Crippen LogP contribution is -2.12. The highest BCUT2D eigenvalue weighted by Crippen LogP contribution is 2.28. The van der Waals surface area contributed by atoms with Gasteiger partial charge in [-0.05, 0) is 37.3 Å². The van der Waals surface area contributed by atoms with E-state index >= 15 is 0 Å². The maximum Gasteiger partial charge on any atom is 0.144 e. The van der Waals surface area contributed by atoms with Crippen LogP contribution < -0.4 is 5.32 Å². The minimum atomic E-state index is 0.620. The van der Waals surface area contributed by atoms with Crippen molar-refractivity contribution < 1.29 is 4.74 Å². The van der Waals surface area contributed by atoms with Crippen LogP contribution in [0, 0.1) is 24.2 Å². The van der Waals surface area contributed by atoms with Crippen LogP contribution in [0.3, 0.4) is 0 Å². The largest absolute Gasteiger partial charge is 0.379 e. The Kier molecular flexibility index (Phi) is 3.94. The molecule has 0 saturated heterocycles. The molecule has 0 unspecified atom stereocenters. The molecule has 1 heterocycles. The van der Waals surface area contributed by atoms with Crippen LogP contribution in [0.2, 0.25) is 0 Å². The van der Waals surface area contributed by atoms with E-state index in [1.807, 2.05) is 13.0 Å². The normalized spacial score (nSPS) is 14.4. The molecule has 0 spiro atoms. The van der Waals surface area contributed by atoms with Gasteiger partial charge in [0.05, 0.1) is 12.2 Å². The summed E-state index contributed by atoms with van der Waals surface area (Å²) in [6.45, 7) is 4.14. The summed E-state index contributed by atoms with van der Waals surface area (Å²) in [6.07, 6.45) is 4.33. The van der Waals surface area contributed by atoms with Gasteiger partial charge in [0.15, 0.2) is 0 Å². The van der Waals surface area contributed by atoms with Gasteiger partial charge in [0.25, 0.3) is 0 Å². The average molecular weight is 231 g/mol. The Morgan fingerprint density at radius 2 is 2.41 bits per heavy atom. The van der Waals surface area contributed by atoms with Crippen molar-refractivity contribution in [2.75, 3.05) is 25.1 Å². The molecule has 1 aliphatic carbocycles. The first-order valence-electron chi connectivity index (χ1n) is 5.98. The maximum atomic E-state index is 9.02. The van der Waals surface area contributed by atoms with Gasteiger partial charge in [-0.15, -0.1) is 0 Å². The molecule has 1 saturated carbocycles. The Balaban J connectivity index is 1.77. The lowest BCUT2D eigenvalue weighted by molar-refractivity contribution is 0.134. The van der Waals surface area contributed by atoms with E-state index in [1.54, 1.807) is 6.20 Å². The van der Waals surface area contributed by atoms with E-state index in [1.165, 1.54) is 12.8 Å². The highest BCUT2D eigenvalue weighted by molar-refractivity contribution is 5.55. The average Bonchev–Trinajstić information content (AvgIpc) is 3.13. The summed E-state index contributed by atoms with van der Waals surface area (Å²) in [5.74, 6) is 1.45. The molecule has 90 valence electrons. The first kappa shape index (κ1) is 11.9. The van der Waals surface area contributed by atoms with Crippen LogP contribution in [-0.2, 0) is 4.74 Å². The second-order valence-electron chi connectivity index (χ2n) is 4.41. The van der Waals surface area contributed by atoms with Gasteiger partial charge >= 0.3 is 0 Å². The van der Waals surface area contributed by atoms with Crippen LogP contribution in [0.1, 0.15) is 24.0 Å². The van der Waals surface area contributed by atoms with Gasteiger partial charge in [-0.1, -0.05) is 0 Å². The lowest BCUT2D eigenvalue weighted by Gasteiger charge is -2.08. The molecular weight excluding hydrogens is 214 g/mol. The summed E-state index contributed by atoms with van der Waals surface area (Å²) >= 11 is 0. The summed E-state index contributed by atoms with van der Waals surface area (Å²) in [7, 11) is 0. The minimum absolute atomic E-state index is 0.620. The van der Waals surface area contributed by atoms with E-state index in [9.17, 15) is 0 Å². The summed E-state index contributed by atoms with van der Waals surface area (Å²) < 4.78 is 5.51. The fourth-order valence-electron chi connectivity index (χ4n) is 1.61. The smallest absolute Gasteiger partial charge is 0.144 e. The van der Waals surface area contributed by atoms with Gasteiger partial charge in [0, 0.05) is 19.3 Å². The maximum absolute atomic E-state index is 9.02. The highest BCUT2D eigenvalue weighted by atomic mass is 16.5. The zero-order valence-corrected chi connectivity index (χ0v) is 10.1. The van der Waals surface area contributed by atoms with E-state index in [4.69, 9.17) is 10.00 Å². The Morgan fingerprint density at radius 3 is 3.12 bits per heavy atom. The molecular formula is C13H17N3O. The molecule has 17 heavy (non-hydrogen) atoms. The van der Waals surface area contributed by atoms with Gasteiger partial charge in [0.1, 0.15) is 11.9 Å². The van der Waals surface area contributed by atoms with Gasteiger partial charge in [-0.2, -0.15) is 5.26 Å². The zero-order valence-electron chi connectivity index (χ0n) is 10.1. The van der Waals surface area contributed by atoms with Gasteiger partial charge < -0.3 is 10.1 Å². The van der Waals surface area contributed by atoms with E-state index in [-0.39, 0.29) is 0 Å². The number of anilines is 1. The van der Waals surface area contributed by atoms with Crippen molar-refractivity contribution in [2.24, 2.45) is 5.92 Å². The van der Waals surface area contributed by atoms with Crippen LogP contribution in [0.25, 0.3) is 0 Å². The van der Waals surface area contributed by atoms with E-state index < -0.39 is 0 Å². The Bertz CT molecular complexity index is 421. The molecule has 0 radical (unpaired) electrons. The number of hydrogen-bond acceptors (Lipinski definition) is 4. The molecule has 0 atom stereocenters. The van der Waals surface area contributed by atoms with Crippen molar-refractivity contribution in [1.29, 1.82) is 5.26 Å². The number of ether oxygens (including phenoxy) is 1. The monoisotopic (exact) mass is 231 g/mol. The van der Waals surface area contributed by atoms with Gasteiger partial charge in [-0.3, -0.25) is 0 Å². The predicted octanol–water partition coefficient (Wildman–Crippen LogP) is 2.10. The second-order valence-corrected chi connectivity index (χ2v) is 4.41. The predicted molar refractivity (Wildman–Crippen MR) is 65.7 cm³/mol. The van der Waals surface area contributed by atoms with Crippen molar-refractivity contribution in [3.05, 3.63) is 23.4 Å². The molecule has 0 aromatic carbocycles. The third-order valence-corrected chi connectivity index (χ3v) is 2.86. The highest BCUT2D eigenvalue weighted by Gasteiger charge is 2.20. The quantitative estimate of drug-likeness (QED) is 0.762. The van der Waals surface area contributed by atoms with E-state index in [0.29, 0.717) is 24.5 Å². The van der Waals surface area contributed by atoms with Crippen molar-refractivity contribution in [3.63, 3.8) is 0 Å². The van der Waals surface area contributed by atoms with Gasteiger partial charge in [0.2, 0.25) is 0 Å². The number of hydrogen-bond donors (Lipinski definition) is 1. The molecule has 1 aliphatic rings. The van der Waals surface area contributed by atoms with Crippen LogP contribution in [0.15, 0.2) is 12.3 Å². The Hall–Kier alpha value is -1.60. The fraction of sp³-hybridized carbons (Fsp3) is 0.538. The number of aryl methyl sites for hydroxylation is 1. The second kappa shape index (κ2) is 5.65. The topological polar surface area (TPSA) is 57.9 Å². The molecule has 4 nitrogen and oxygen atoms in total. The molecule has 0 aliphatic heterocycles. The first-order valence-corrected chi connectivity index (χ1v) is 5.98. The summed E-state index contributed by atoms with van der Waals surface area (Å²) in [5, 5.41) is 12.2. The first-order chi connectivity index (χ1) is 8.31. The number of rotatable bonds is 6. The molecule has 0 bridgehead atoms. The molecule has 1 fully saturated rings. The number of nitrogens with zero attached hydrogens (tertiary/aromatic N) is 2. The van der Waals surface area contributed by atoms with Crippen molar-refractivity contribution in [1.82, 2.24) is 4.98 Å². The SMILES string of the molecule is Cc1ccnc(NCCOCC2CC2)c1C#N. The van der Waals surface area contributed by atoms with Crippen LogP contribution in [0.4, 0.5) is 5.82 Å². The summed E-state index contributed by atoms with van der Waals surface area (Å²) in [4.78, 5) is 4.17. The summed E-state index contributed by atoms with van der Waals surface area (Å²) in [5.41, 5.74) is 1.57. The fourth-order valence-corrected chi connectivity index (χ4v) is 1.61. The molecule has 2 rings (SSSR count). The zero-order chi connectivity index (χ0) is 12.1. The number of aromatic nitrogens is 1. The third kappa shape index (κ3) is 3.43. The Labute approximate surface area is 102 Å². The van der Waals surface area contributed by atoms with Gasteiger partial charge in [-0.25, -0.2) is 4.98 Å². The molecule has 1 aromatic rings. The molecule has 4 heteroatoms. The number of nitriles is 1. The Morgan fingerprint density at radius 1 is 1.59 bits per heavy atom.